The summed E-state index contributed by atoms with van der Waals surface area (Å²) in [7, 11) is -3.61. The van der Waals surface area contributed by atoms with Gasteiger partial charge in [0, 0.05) is 25.6 Å². The maximum atomic E-state index is 12.8. The van der Waals surface area contributed by atoms with Crippen LogP contribution in [0.1, 0.15) is 49.4 Å². The standard InChI is InChI=1S/C21H26N2O3S/c1-3-7-21(24)23-13-12-18-14-20(11-10-19(18)15-23)27(25,26)22-16(2)17-8-5-4-6-9-17/h4-6,8-11,14,16,22H,3,7,12-13,15H2,1-2H3/t16-/m1/s1. The van der Waals surface area contributed by atoms with Crippen LogP contribution < -0.4 is 4.72 Å². The summed E-state index contributed by atoms with van der Waals surface area (Å²) in [6, 6.07) is 14.4. The van der Waals surface area contributed by atoms with Crippen LogP contribution in [0.15, 0.2) is 53.4 Å². The molecule has 1 atom stereocenters. The highest BCUT2D eigenvalue weighted by atomic mass is 32.2. The van der Waals surface area contributed by atoms with E-state index in [4.69, 9.17) is 0 Å². The third-order valence-corrected chi connectivity index (χ3v) is 6.49. The van der Waals surface area contributed by atoms with Gasteiger partial charge in [-0.2, -0.15) is 0 Å². The lowest BCUT2D eigenvalue weighted by atomic mass is 9.99. The van der Waals surface area contributed by atoms with Crippen molar-refractivity contribution in [2.24, 2.45) is 0 Å². The fraction of sp³-hybridized carbons (Fsp3) is 0.381. The molecule has 2 aromatic carbocycles. The lowest BCUT2D eigenvalue weighted by molar-refractivity contribution is -0.132. The highest BCUT2D eigenvalue weighted by molar-refractivity contribution is 7.89. The number of nitrogens with zero attached hydrogens (tertiary/aromatic N) is 1. The van der Waals surface area contributed by atoms with Gasteiger partial charge in [-0.25, -0.2) is 13.1 Å². The van der Waals surface area contributed by atoms with Crippen LogP contribution >= 0.6 is 0 Å². The van der Waals surface area contributed by atoms with Gasteiger partial charge in [-0.15, -0.1) is 0 Å². The average Bonchev–Trinajstić information content (AvgIpc) is 2.67. The Hall–Kier alpha value is -2.18. The molecule has 27 heavy (non-hydrogen) atoms. The molecule has 0 bridgehead atoms. The number of nitrogens with one attached hydrogen (secondary N) is 1. The maximum absolute atomic E-state index is 12.8. The highest BCUT2D eigenvalue weighted by Crippen LogP contribution is 2.24. The molecule has 2 aromatic rings. The minimum Gasteiger partial charge on any atom is -0.338 e. The summed E-state index contributed by atoms with van der Waals surface area (Å²) in [6.45, 7) is 5.03. The first-order chi connectivity index (χ1) is 12.9. The van der Waals surface area contributed by atoms with Crippen molar-refractivity contribution in [3.05, 3.63) is 65.2 Å². The van der Waals surface area contributed by atoms with E-state index in [0.29, 0.717) is 25.9 Å². The predicted molar refractivity (Wildman–Crippen MR) is 106 cm³/mol. The Morgan fingerprint density at radius 2 is 1.89 bits per heavy atom. The second-order valence-corrected chi connectivity index (χ2v) is 8.71. The molecule has 1 aliphatic rings. The van der Waals surface area contributed by atoms with Crippen LogP contribution in [0.4, 0.5) is 0 Å². The number of rotatable bonds is 6. The molecule has 0 aromatic heterocycles. The van der Waals surface area contributed by atoms with Gasteiger partial charge in [-0.05, 0) is 48.6 Å². The topological polar surface area (TPSA) is 66.5 Å². The van der Waals surface area contributed by atoms with E-state index in [-0.39, 0.29) is 16.8 Å². The van der Waals surface area contributed by atoms with Crippen molar-refractivity contribution in [3.8, 4) is 0 Å². The van der Waals surface area contributed by atoms with Crippen molar-refractivity contribution in [3.63, 3.8) is 0 Å². The molecule has 1 N–H and O–H groups in total. The highest BCUT2D eigenvalue weighted by Gasteiger charge is 2.23. The van der Waals surface area contributed by atoms with Gasteiger partial charge in [0.1, 0.15) is 0 Å². The van der Waals surface area contributed by atoms with Crippen molar-refractivity contribution < 1.29 is 13.2 Å². The van der Waals surface area contributed by atoms with Crippen molar-refractivity contribution in [2.75, 3.05) is 6.54 Å². The summed E-state index contributed by atoms with van der Waals surface area (Å²) in [4.78, 5) is 14.2. The minimum absolute atomic E-state index is 0.165. The smallest absolute Gasteiger partial charge is 0.241 e. The summed E-state index contributed by atoms with van der Waals surface area (Å²) in [5, 5.41) is 0. The maximum Gasteiger partial charge on any atom is 0.241 e. The Bertz CT molecular complexity index is 910. The summed E-state index contributed by atoms with van der Waals surface area (Å²) in [5.41, 5.74) is 2.95. The molecule has 0 spiro atoms. The van der Waals surface area contributed by atoms with Crippen molar-refractivity contribution in [1.82, 2.24) is 9.62 Å². The van der Waals surface area contributed by atoms with Crippen LogP contribution in [0.5, 0.6) is 0 Å². The number of hydrogen-bond donors (Lipinski definition) is 1. The van der Waals surface area contributed by atoms with E-state index in [1.165, 1.54) is 0 Å². The summed E-state index contributed by atoms with van der Waals surface area (Å²) >= 11 is 0. The summed E-state index contributed by atoms with van der Waals surface area (Å²) in [6.07, 6.45) is 2.08. The normalized spacial score (nSPS) is 15.3. The van der Waals surface area contributed by atoms with Crippen LogP contribution in [-0.2, 0) is 27.8 Å². The second-order valence-electron chi connectivity index (χ2n) is 7.00. The van der Waals surface area contributed by atoms with Crippen LogP contribution in [0.3, 0.4) is 0 Å². The molecule has 1 amide bonds. The molecule has 0 saturated heterocycles. The Kier molecular flexibility index (Phi) is 5.97. The second kappa shape index (κ2) is 8.23. The van der Waals surface area contributed by atoms with Gasteiger partial charge in [0.15, 0.2) is 0 Å². The molecule has 0 aliphatic carbocycles. The van der Waals surface area contributed by atoms with Gasteiger partial charge in [0.05, 0.1) is 4.90 Å². The zero-order chi connectivity index (χ0) is 19.4. The first kappa shape index (κ1) is 19.6. The van der Waals surface area contributed by atoms with Gasteiger partial charge in [0.25, 0.3) is 0 Å². The van der Waals surface area contributed by atoms with Crippen molar-refractivity contribution in [2.45, 2.75) is 50.6 Å². The van der Waals surface area contributed by atoms with Gasteiger partial charge in [0.2, 0.25) is 15.9 Å². The number of amides is 1. The van der Waals surface area contributed by atoms with Crippen molar-refractivity contribution >= 4 is 15.9 Å². The molecule has 1 aliphatic heterocycles. The third-order valence-electron chi connectivity index (χ3n) is 4.95. The van der Waals surface area contributed by atoms with Gasteiger partial charge in [-0.1, -0.05) is 43.3 Å². The third kappa shape index (κ3) is 4.57. The zero-order valence-electron chi connectivity index (χ0n) is 15.8. The van der Waals surface area contributed by atoms with E-state index in [1.54, 1.807) is 12.1 Å². The molecule has 1 heterocycles. The Balaban J connectivity index is 1.76. The molecule has 0 fully saturated rings. The number of carbonyl (C=O) groups excluding carboxylic acids is 1. The van der Waals surface area contributed by atoms with Crippen LogP contribution in [0.25, 0.3) is 0 Å². The Morgan fingerprint density at radius 3 is 2.59 bits per heavy atom. The first-order valence-electron chi connectivity index (χ1n) is 9.37. The number of carbonyl (C=O) groups is 1. The fourth-order valence-electron chi connectivity index (χ4n) is 3.39. The molecular weight excluding hydrogens is 360 g/mol. The molecule has 0 saturated carbocycles. The van der Waals surface area contributed by atoms with E-state index >= 15 is 0 Å². The lowest BCUT2D eigenvalue weighted by Gasteiger charge is -2.29. The number of sulfonamides is 1. The Morgan fingerprint density at radius 1 is 1.15 bits per heavy atom. The van der Waals surface area contributed by atoms with E-state index in [0.717, 1.165) is 23.1 Å². The zero-order valence-corrected chi connectivity index (χ0v) is 16.6. The number of hydrogen-bond acceptors (Lipinski definition) is 3. The monoisotopic (exact) mass is 386 g/mol. The first-order valence-corrected chi connectivity index (χ1v) is 10.9. The summed E-state index contributed by atoms with van der Waals surface area (Å²) < 4.78 is 28.3. The quantitative estimate of drug-likeness (QED) is 0.827. The SMILES string of the molecule is CCCC(=O)N1CCc2cc(S(=O)(=O)N[C@H](C)c3ccccc3)ccc2C1. The van der Waals surface area contributed by atoms with E-state index in [1.807, 2.05) is 55.1 Å². The fourth-order valence-corrected chi connectivity index (χ4v) is 4.67. The molecule has 6 heteroatoms. The molecule has 5 nitrogen and oxygen atoms in total. The minimum atomic E-state index is -3.61. The molecule has 0 unspecified atom stereocenters. The predicted octanol–water partition coefficient (Wildman–Crippen LogP) is 3.41. The van der Waals surface area contributed by atoms with E-state index in [2.05, 4.69) is 4.72 Å². The van der Waals surface area contributed by atoms with Crippen LogP contribution in [0, 0.1) is 0 Å². The Labute approximate surface area is 161 Å². The number of benzene rings is 2. The van der Waals surface area contributed by atoms with E-state index < -0.39 is 10.0 Å². The van der Waals surface area contributed by atoms with Gasteiger partial charge >= 0.3 is 0 Å². The van der Waals surface area contributed by atoms with Gasteiger partial charge in [-0.3, -0.25) is 4.79 Å². The van der Waals surface area contributed by atoms with Gasteiger partial charge < -0.3 is 4.90 Å². The molecule has 3 rings (SSSR count). The average molecular weight is 387 g/mol. The van der Waals surface area contributed by atoms with Crippen molar-refractivity contribution in [1.29, 1.82) is 0 Å². The lowest BCUT2D eigenvalue weighted by Crippen LogP contribution is -2.36. The van der Waals surface area contributed by atoms with Crippen LogP contribution in [-0.4, -0.2) is 25.8 Å². The number of fused-ring (bicyclic) bond motifs is 1. The molecular formula is C21H26N2O3S. The van der Waals surface area contributed by atoms with E-state index in [9.17, 15) is 13.2 Å². The molecule has 0 radical (unpaired) electrons. The summed E-state index contributed by atoms with van der Waals surface area (Å²) in [5.74, 6) is 0.165. The van der Waals surface area contributed by atoms with Crippen LogP contribution in [0.2, 0.25) is 0 Å². The largest absolute Gasteiger partial charge is 0.338 e. The molecule has 144 valence electrons.